The molecule has 0 spiro atoms. The van der Waals surface area contributed by atoms with Crippen molar-refractivity contribution in [1.29, 1.82) is 0 Å². The van der Waals surface area contributed by atoms with Crippen molar-refractivity contribution in [2.24, 2.45) is 5.92 Å². The monoisotopic (exact) mass is 451 g/mol. The van der Waals surface area contributed by atoms with Crippen LogP contribution in [-0.2, 0) is 20.7 Å². The van der Waals surface area contributed by atoms with Gasteiger partial charge in [0.15, 0.2) is 6.10 Å². The number of benzene rings is 1. The number of carbonyl (C=O) groups is 2. The van der Waals surface area contributed by atoms with E-state index in [2.05, 4.69) is 13.8 Å². The molecule has 7 nitrogen and oxygen atoms in total. The number of rotatable bonds is 16. The topological polar surface area (TPSA) is 85.3 Å². The van der Waals surface area contributed by atoms with Gasteiger partial charge in [0.25, 0.3) is 0 Å². The van der Waals surface area contributed by atoms with E-state index in [0.29, 0.717) is 44.4 Å². The summed E-state index contributed by atoms with van der Waals surface area (Å²) in [6, 6.07) is 7.31. The first kappa shape index (κ1) is 27.8. The molecule has 1 rings (SSSR count). The molecule has 0 fully saturated rings. The second kappa shape index (κ2) is 15.5. The lowest BCUT2D eigenvalue weighted by molar-refractivity contribution is -0.149. The molecule has 32 heavy (non-hydrogen) atoms. The van der Waals surface area contributed by atoms with Crippen molar-refractivity contribution in [2.75, 3.05) is 26.3 Å². The zero-order chi connectivity index (χ0) is 23.9. The first-order valence-electron chi connectivity index (χ1n) is 11.8. The molecule has 0 saturated heterocycles. The van der Waals surface area contributed by atoms with E-state index in [4.69, 9.17) is 14.2 Å². The van der Waals surface area contributed by atoms with Crippen LogP contribution in [0.5, 0.6) is 5.75 Å². The Hall–Kier alpha value is -2.28. The SMILES string of the molecule is CCCC(CCC)CN(CCOc1ccc(CC(OCC)C(=O)O)cc1)C(=O)OC(C)C. The van der Waals surface area contributed by atoms with Crippen LogP contribution in [0.15, 0.2) is 24.3 Å². The summed E-state index contributed by atoms with van der Waals surface area (Å²) in [5, 5.41) is 9.23. The van der Waals surface area contributed by atoms with Crippen LogP contribution >= 0.6 is 0 Å². The maximum Gasteiger partial charge on any atom is 0.410 e. The summed E-state index contributed by atoms with van der Waals surface area (Å²) in [6.07, 6.45) is 3.33. The number of amides is 1. The van der Waals surface area contributed by atoms with Crippen LogP contribution in [0, 0.1) is 5.92 Å². The van der Waals surface area contributed by atoms with Gasteiger partial charge in [-0.1, -0.05) is 38.8 Å². The highest BCUT2D eigenvalue weighted by Gasteiger charge is 2.21. The van der Waals surface area contributed by atoms with E-state index < -0.39 is 12.1 Å². The third-order valence-corrected chi connectivity index (χ3v) is 5.08. The number of nitrogens with zero attached hydrogens (tertiary/aromatic N) is 1. The highest BCUT2D eigenvalue weighted by Crippen LogP contribution is 2.17. The molecule has 0 radical (unpaired) electrons. The number of aliphatic carboxylic acids is 1. The summed E-state index contributed by atoms with van der Waals surface area (Å²) < 4.78 is 16.6. The zero-order valence-electron chi connectivity index (χ0n) is 20.3. The van der Waals surface area contributed by atoms with Gasteiger partial charge >= 0.3 is 12.1 Å². The summed E-state index contributed by atoms with van der Waals surface area (Å²) in [5.74, 6) is 0.161. The maximum atomic E-state index is 12.6. The van der Waals surface area contributed by atoms with E-state index in [1.165, 1.54) is 0 Å². The highest BCUT2D eigenvalue weighted by molar-refractivity contribution is 5.72. The Morgan fingerprint density at radius 3 is 2.16 bits per heavy atom. The summed E-state index contributed by atoms with van der Waals surface area (Å²) in [6.45, 7) is 11.6. The number of carbonyl (C=O) groups excluding carboxylic acids is 1. The van der Waals surface area contributed by atoms with Gasteiger partial charge in [0.2, 0.25) is 0 Å². The third-order valence-electron chi connectivity index (χ3n) is 5.08. The zero-order valence-corrected chi connectivity index (χ0v) is 20.3. The van der Waals surface area contributed by atoms with Crippen LogP contribution < -0.4 is 4.74 Å². The number of ether oxygens (including phenoxy) is 3. The lowest BCUT2D eigenvalue weighted by Gasteiger charge is -2.27. The quantitative estimate of drug-likeness (QED) is 0.374. The minimum Gasteiger partial charge on any atom is -0.492 e. The second-order valence-corrected chi connectivity index (χ2v) is 8.30. The largest absolute Gasteiger partial charge is 0.492 e. The van der Waals surface area contributed by atoms with E-state index >= 15 is 0 Å². The summed E-state index contributed by atoms with van der Waals surface area (Å²) in [4.78, 5) is 25.6. The molecule has 0 aliphatic carbocycles. The predicted molar refractivity (Wildman–Crippen MR) is 125 cm³/mol. The van der Waals surface area contributed by atoms with Gasteiger partial charge in [-0.15, -0.1) is 0 Å². The van der Waals surface area contributed by atoms with Crippen molar-refractivity contribution in [3.63, 3.8) is 0 Å². The number of hydrogen-bond donors (Lipinski definition) is 1. The Bertz CT molecular complexity index is 655. The number of hydrogen-bond acceptors (Lipinski definition) is 5. The highest BCUT2D eigenvalue weighted by atomic mass is 16.6. The molecule has 1 unspecified atom stereocenters. The van der Waals surface area contributed by atoms with Gasteiger partial charge in [0.05, 0.1) is 12.6 Å². The molecule has 1 aromatic carbocycles. The fraction of sp³-hybridized carbons (Fsp3) is 0.680. The summed E-state index contributed by atoms with van der Waals surface area (Å²) in [5.41, 5.74) is 0.863. The first-order chi connectivity index (χ1) is 15.3. The fourth-order valence-electron chi connectivity index (χ4n) is 3.62. The van der Waals surface area contributed by atoms with Gasteiger partial charge in [-0.25, -0.2) is 9.59 Å². The van der Waals surface area contributed by atoms with Crippen LogP contribution in [0.4, 0.5) is 4.79 Å². The fourth-order valence-corrected chi connectivity index (χ4v) is 3.62. The molecule has 0 aliphatic heterocycles. The molecule has 0 saturated carbocycles. The molecule has 7 heteroatoms. The van der Waals surface area contributed by atoms with Gasteiger partial charge in [0.1, 0.15) is 12.4 Å². The van der Waals surface area contributed by atoms with Crippen LogP contribution in [-0.4, -0.2) is 60.6 Å². The Morgan fingerprint density at radius 2 is 1.66 bits per heavy atom. The van der Waals surface area contributed by atoms with Crippen LogP contribution in [0.3, 0.4) is 0 Å². The Morgan fingerprint density at radius 1 is 1.03 bits per heavy atom. The molecule has 1 N–H and O–H groups in total. The Balaban J connectivity index is 2.67. The molecule has 0 aliphatic rings. The van der Waals surface area contributed by atoms with E-state index in [0.717, 1.165) is 31.2 Å². The minimum absolute atomic E-state index is 0.166. The normalized spacial score (nSPS) is 12.1. The Kier molecular flexibility index (Phi) is 13.5. The molecule has 1 amide bonds. The van der Waals surface area contributed by atoms with Gasteiger partial charge in [-0.2, -0.15) is 0 Å². The van der Waals surface area contributed by atoms with Gasteiger partial charge in [-0.05, 0) is 57.2 Å². The number of carboxylic acids is 1. The van der Waals surface area contributed by atoms with Crippen LogP contribution in [0.2, 0.25) is 0 Å². The smallest absolute Gasteiger partial charge is 0.410 e. The van der Waals surface area contributed by atoms with Gasteiger partial charge < -0.3 is 24.2 Å². The van der Waals surface area contributed by atoms with Crippen molar-refractivity contribution in [1.82, 2.24) is 4.90 Å². The molecule has 182 valence electrons. The first-order valence-corrected chi connectivity index (χ1v) is 11.8. The van der Waals surface area contributed by atoms with Crippen LogP contribution in [0.1, 0.15) is 65.9 Å². The lowest BCUT2D eigenvalue weighted by atomic mass is 9.98. The third kappa shape index (κ3) is 10.8. The van der Waals surface area contributed by atoms with Crippen molar-refractivity contribution in [3.05, 3.63) is 29.8 Å². The molecule has 1 atom stereocenters. The molecular formula is C25H41NO6. The van der Waals surface area contributed by atoms with Crippen molar-refractivity contribution < 1.29 is 28.9 Å². The van der Waals surface area contributed by atoms with Crippen molar-refractivity contribution >= 4 is 12.1 Å². The molecule has 0 bridgehead atoms. The van der Waals surface area contributed by atoms with Crippen LogP contribution in [0.25, 0.3) is 0 Å². The standard InChI is InChI=1S/C25H41NO6/c1-6-9-21(10-7-2)18-26(25(29)32-19(4)5)15-16-31-22-13-11-20(12-14-22)17-23(24(27)28)30-8-3/h11-14,19,21,23H,6-10,15-18H2,1-5H3,(H,27,28). The van der Waals surface area contributed by atoms with Crippen molar-refractivity contribution in [2.45, 2.75) is 78.9 Å². The van der Waals surface area contributed by atoms with E-state index in [1.807, 2.05) is 38.1 Å². The Labute approximate surface area is 193 Å². The average Bonchev–Trinajstić information content (AvgIpc) is 2.73. The molecule has 1 aromatic rings. The molecular weight excluding hydrogens is 410 g/mol. The summed E-state index contributed by atoms with van der Waals surface area (Å²) >= 11 is 0. The predicted octanol–water partition coefficient (Wildman–Crippen LogP) is 5.16. The molecule has 0 aromatic heterocycles. The minimum atomic E-state index is -0.968. The van der Waals surface area contributed by atoms with Crippen molar-refractivity contribution in [3.8, 4) is 5.75 Å². The lowest BCUT2D eigenvalue weighted by Crippen LogP contribution is -2.39. The van der Waals surface area contributed by atoms with E-state index in [9.17, 15) is 14.7 Å². The van der Waals surface area contributed by atoms with Gasteiger partial charge in [0, 0.05) is 19.6 Å². The molecule has 0 heterocycles. The summed E-state index contributed by atoms with van der Waals surface area (Å²) in [7, 11) is 0. The number of carboxylic acid groups (broad SMARTS) is 1. The maximum absolute atomic E-state index is 12.6. The average molecular weight is 452 g/mol. The van der Waals surface area contributed by atoms with E-state index in [1.54, 1.807) is 11.8 Å². The van der Waals surface area contributed by atoms with E-state index in [-0.39, 0.29) is 12.2 Å². The van der Waals surface area contributed by atoms with Gasteiger partial charge in [-0.3, -0.25) is 0 Å². The second-order valence-electron chi connectivity index (χ2n) is 8.30.